The van der Waals surface area contributed by atoms with Crippen LogP contribution in [0.5, 0.6) is 0 Å². The minimum Gasteiger partial charge on any atom is -0.301 e. The molecule has 6 nitrogen and oxygen atoms in total. The van der Waals surface area contributed by atoms with E-state index in [0.717, 1.165) is 19.6 Å². The summed E-state index contributed by atoms with van der Waals surface area (Å²) in [6.07, 6.45) is 0. The lowest BCUT2D eigenvalue weighted by molar-refractivity contribution is 0.196. The lowest BCUT2D eigenvalue weighted by Crippen LogP contribution is -2.48. The minimum absolute atomic E-state index is 0.345. The standard InChI is InChI=1S/C13H23ClN4O2S/c1-4-16-7-9-17(10-8-16)21(19,20)13-11(2)15-18(6-5-14)12(13)3/h4-10H2,1-3H3. The van der Waals surface area contributed by atoms with Gasteiger partial charge in [0.2, 0.25) is 10.0 Å². The van der Waals surface area contributed by atoms with Gasteiger partial charge in [-0.1, -0.05) is 6.92 Å². The van der Waals surface area contributed by atoms with E-state index >= 15 is 0 Å². The van der Waals surface area contributed by atoms with Crippen LogP contribution < -0.4 is 0 Å². The molecule has 1 aliphatic rings. The first kappa shape index (κ1) is 16.7. The third-order valence-corrected chi connectivity index (χ3v) is 6.31. The van der Waals surface area contributed by atoms with Gasteiger partial charge in [0.25, 0.3) is 0 Å². The van der Waals surface area contributed by atoms with Gasteiger partial charge >= 0.3 is 0 Å². The molecule has 21 heavy (non-hydrogen) atoms. The molecule has 0 unspecified atom stereocenters. The molecule has 8 heteroatoms. The van der Waals surface area contributed by atoms with Gasteiger partial charge in [-0.15, -0.1) is 11.6 Å². The molecular formula is C13H23ClN4O2S. The quantitative estimate of drug-likeness (QED) is 0.756. The third-order valence-electron chi connectivity index (χ3n) is 3.99. The summed E-state index contributed by atoms with van der Waals surface area (Å²) in [4.78, 5) is 2.60. The van der Waals surface area contributed by atoms with E-state index in [-0.39, 0.29) is 0 Å². The van der Waals surface area contributed by atoms with Gasteiger partial charge in [-0.25, -0.2) is 8.42 Å². The summed E-state index contributed by atoms with van der Waals surface area (Å²) < 4.78 is 29.0. The second-order valence-electron chi connectivity index (χ2n) is 5.25. The van der Waals surface area contributed by atoms with E-state index in [1.165, 1.54) is 0 Å². The van der Waals surface area contributed by atoms with Crippen LogP contribution in [-0.4, -0.2) is 66.0 Å². The highest BCUT2D eigenvalue weighted by Gasteiger charge is 2.32. The topological polar surface area (TPSA) is 58.4 Å². The van der Waals surface area contributed by atoms with Gasteiger partial charge in [0.05, 0.1) is 17.9 Å². The van der Waals surface area contributed by atoms with Crippen molar-refractivity contribution >= 4 is 21.6 Å². The van der Waals surface area contributed by atoms with Crippen LogP contribution in [0.25, 0.3) is 0 Å². The summed E-state index contributed by atoms with van der Waals surface area (Å²) in [7, 11) is -3.47. The first-order valence-corrected chi connectivity index (χ1v) is 9.21. The highest BCUT2D eigenvalue weighted by molar-refractivity contribution is 7.89. The van der Waals surface area contributed by atoms with E-state index in [4.69, 9.17) is 11.6 Å². The van der Waals surface area contributed by atoms with Gasteiger partial charge < -0.3 is 4.90 Å². The van der Waals surface area contributed by atoms with E-state index < -0.39 is 10.0 Å². The zero-order valence-corrected chi connectivity index (χ0v) is 14.4. The maximum atomic E-state index is 12.9. The number of piperazine rings is 1. The Kier molecular flexibility index (Phi) is 5.29. The molecule has 1 saturated heterocycles. The highest BCUT2D eigenvalue weighted by atomic mass is 35.5. The summed E-state index contributed by atoms with van der Waals surface area (Å²) in [5.41, 5.74) is 1.22. The fourth-order valence-corrected chi connectivity index (χ4v) is 4.72. The third kappa shape index (κ3) is 3.26. The molecule has 2 heterocycles. The van der Waals surface area contributed by atoms with Crippen molar-refractivity contribution in [3.05, 3.63) is 11.4 Å². The molecule has 1 aromatic rings. The van der Waals surface area contributed by atoms with E-state index in [0.29, 0.717) is 41.8 Å². The maximum Gasteiger partial charge on any atom is 0.246 e. The van der Waals surface area contributed by atoms with Gasteiger partial charge in [-0.2, -0.15) is 9.40 Å². The molecule has 1 aromatic heterocycles. The number of aryl methyl sites for hydroxylation is 2. The molecule has 0 saturated carbocycles. The van der Waals surface area contributed by atoms with E-state index in [2.05, 4.69) is 16.9 Å². The molecule has 0 spiro atoms. The Labute approximate surface area is 131 Å². The lowest BCUT2D eigenvalue weighted by Gasteiger charge is -2.33. The average molecular weight is 335 g/mol. The molecule has 0 aromatic carbocycles. The van der Waals surface area contributed by atoms with Gasteiger partial charge in [0, 0.05) is 32.1 Å². The molecule has 0 amide bonds. The smallest absolute Gasteiger partial charge is 0.246 e. The van der Waals surface area contributed by atoms with E-state index in [1.807, 2.05) is 0 Å². The Morgan fingerprint density at radius 2 is 1.81 bits per heavy atom. The van der Waals surface area contributed by atoms with Crippen molar-refractivity contribution < 1.29 is 8.42 Å². The zero-order valence-electron chi connectivity index (χ0n) is 12.8. The van der Waals surface area contributed by atoms with Crippen LogP contribution in [-0.2, 0) is 16.6 Å². The van der Waals surface area contributed by atoms with Gasteiger partial charge in [0.1, 0.15) is 4.90 Å². The van der Waals surface area contributed by atoms with Crippen molar-refractivity contribution in [1.82, 2.24) is 19.0 Å². The second kappa shape index (κ2) is 6.64. The van der Waals surface area contributed by atoms with E-state index in [9.17, 15) is 8.42 Å². The number of alkyl halides is 1. The Balaban J connectivity index is 2.28. The average Bonchev–Trinajstić information content (AvgIpc) is 2.74. The fraction of sp³-hybridized carbons (Fsp3) is 0.769. The van der Waals surface area contributed by atoms with Gasteiger partial charge in [-0.3, -0.25) is 4.68 Å². The molecule has 0 atom stereocenters. The van der Waals surface area contributed by atoms with Crippen molar-refractivity contribution in [3.8, 4) is 0 Å². The number of hydrogen-bond acceptors (Lipinski definition) is 4. The lowest BCUT2D eigenvalue weighted by atomic mass is 10.4. The summed E-state index contributed by atoms with van der Waals surface area (Å²) in [5, 5.41) is 4.31. The van der Waals surface area contributed by atoms with Gasteiger partial charge in [0.15, 0.2) is 0 Å². The van der Waals surface area contributed by atoms with Crippen molar-refractivity contribution in [2.24, 2.45) is 0 Å². The molecule has 1 fully saturated rings. The highest BCUT2D eigenvalue weighted by Crippen LogP contribution is 2.24. The second-order valence-corrected chi connectivity index (χ2v) is 7.50. The van der Waals surface area contributed by atoms with Crippen molar-refractivity contribution in [2.75, 3.05) is 38.6 Å². The first-order chi connectivity index (χ1) is 9.91. The zero-order chi connectivity index (χ0) is 15.6. The van der Waals surface area contributed by atoms with Crippen LogP contribution in [0.2, 0.25) is 0 Å². The summed E-state index contributed by atoms with van der Waals surface area (Å²) in [5.74, 6) is 0.413. The van der Waals surface area contributed by atoms with Gasteiger partial charge in [-0.05, 0) is 20.4 Å². The molecule has 0 aliphatic carbocycles. The summed E-state index contributed by atoms with van der Waals surface area (Å²) in [6, 6.07) is 0. The van der Waals surface area contributed by atoms with Crippen LogP contribution in [0.1, 0.15) is 18.3 Å². The number of hydrogen-bond donors (Lipinski definition) is 0. The molecule has 2 rings (SSSR count). The van der Waals surface area contributed by atoms with Crippen LogP contribution >= 0.6 is 11.6 Å². The summed E-state index contributed by atoms with van der Waals surface area (Å²) in [6.45, 7) is 9.75. The fourth-order valence-electron chi connectivity index (χ4n) is 2.77. The molecular weight excluding hydrogens is 312 g/mol. The molecule has 1 aliphatic heterocycles. The number of sulfonamides is 1. The number of likely N-dealkylation sites (N-methyl/N-ethyl adjacent to an activating group) is 1. The predicted octanol–water partition coefficient (Wildman–Crippen LogP) is 1.06. The van der Waals surface area contributed by atoms with Crippen LogP contribution in [0.15, 0.2) is 4.90 Å². The minimum atomic E-state index is -3.47. The number of nitrogens with zero attached hydrogens (tertiary/aromatic N) is 4. The number of aromatic nitrogens is 2. The monoisotopic (exact) mass is 334 g/mol. The normalized spacial score (nSPS) is 18.3. The van der Waals surface area contributed by atoms with Crippen LogP contribution in [0.3, 0.4) is 0 Å². The maximum absolute atomic E-state index is 12.9. The first-order valence-electron chi connectivity index (χ1n) is 7.24. The Hall–Kier alpha value is -0.630. The molecule has 120 valence electrons. The molecule has 0 N–H and O–H groups in total. The Morgan fingerprint density at radius 3 is 2.33 bits per heavy atom. The van der Waals surface area contributed by atoms with Crippen LogP contribution in [0, 0.1) is 13.8 Å². The SMILES string of the molecule is CCN1CCN(S(=O)(=O)c2c(C)nn(CCCl)c2C)CC1. The van der Waals surface area contributed by atoms with Crippen molar-refractivity contribution in [1.29, 1.82) is 0 Å². The number of rotatable bonds is 5. The van der Waals surface area contributed by atoms with Crippen molar-refractivity contribution in [2.45, 2.75) is 32.2 Å². The largest absolute Gasteiger partial charge is 0.301 e. The van der Waals surface area contributed by atoms with Crippen molar-refractivity contribution in [3.63, 3.8) is 0 Å². The Bertz CT molecular complexity index is 592. The molecule has 0 radical (unpaired) electrons. The molecule has 0 bridgehead atoms. The van der Waals surface area contributed by atoms with E-state index in [1.54, 1.807) is 22.8 Å². The number of halogens is 1. The van der Waals surface area contributed by atoms with Crippen LogP contribution in [0.4, 0.5) is 0 Å². The Morgan fingerprint density at radius 1 is 1.19 bits per heavy atom. The predicted molar refractivity (Wildman–Crippen MR) is 83.3 cm³/mol. The summed E-state index contributed by atoms with van der Waals surface area (Å²) >= 11 is 5.74.